The summed E-state index contributed by atoms with van der Waals surface area (Å²) in [6, 6.07) is 12.9. The number of fused-ring (bicyclic) bond motifs is 1. The van der Waals surface area contributed by atoms with E-state index in [1.165, 1.54) is 0 Å². The third kappa shape index (κ3) is 4.01. The number of hydrogen-bond donors (Lipinski definition) is 1. The van der Waals surface area contributed by atoms with Crippen LogP contribution in [0.25, 0.3) is 0 Å². The SMILES string of the molecule is CC(=O)N1CCc2cc(C(=O)NCc3cccc(C(=O)N4CCCC4)c3)ccc21. The number of carbonyl (C=O) groups excluding carboxylic acids is 3. The second-order valence-corrected chi connectivity index (χ2v) is 7.65. The summed E-state index contributed by atoms with van der Waals surface area (Å²) in [6.07, 6.45) is 2.88. The summed E-state index contributed by atoms with van der Waals surface area (Å²) < 4.78 is 0. The molecule has 2 aliphatic heterocycles. The lowest BCUT2D eigenvalue weighted by molar-refractivity contribution is -0.116. The fourth-order valence-corrected chi connectivity index (χ4v) is 4.07. The van der Waals surface area contributed by atoms with Crippen molar-refractivity contribution in [3.63, 3.8) is 0 Å². The van der Waals surface area contributed by atoms with Gasteiger partial charge in [-0.05, 0) is 60.7 Å². The molecular formula is C23H25N3O3. The molecule has 3 amide bonds. The molecule has 0 aromatic heterocycles. The Morgan fingerprint density at radius 1 is 0.966 bits per heavy atom. The molecule has 2 aromatic carbocycles. The van der Waals surface area contributed by atoms with Crippen LogP contribution in [0.15, 0.2) is 42.5 Å². The van der Waals surface area contributed by atoms with Gasteiger partial charge >= 0.3 is 0 Å². The lowest BCUT2D eigenvalue weighted by Gasteiger charge is -2.16. The van der Waals surface area contributed by atoms with Gasteiger partial charge in [0.25, 0.3) is 11.8 Å². The van der Waals surface area contributed by atoms with E-state index in [1.807, 2.05) is 41.3 Å². The van der Waals surface area contributed by atoms with Crippen LogP contribution in [0.2, 0.25) is 0 Å². The molecule has 6 nitrogen and oxygen atoms in total. The highest BCUT2D eigenvalue weighted by Gasteiger charge is 2.23. The number of nitrogens with zero attached hydrogens (tertiary/aromatic N) is 2. The van der Waals surface area contributed by atoms with Crippen LogP contribution >= 0.6 is 0 Å². The third-order valence-electron chi connectivity index (χ3n) is 5.64. The number of amides is 3. The molecule has 1 saturated heterocycles. The van der Waals surface area contributed by atoms with Crippen LogP contribution in [-0.4, -0.2) is 42.3 Å². The molecule has 0 atom stereocenters. The summed E-state index contributed by atoms with van der Waals surface area (Å²) in [5.74, 6) is -0.0843. The van der Waals surface area contributed by atoms with Gasteiger partial charge in [0.05, 0.1) is 0 Å². The first-order valence-corrected chi connectivity index (χ1v) is 10.1. The van der Waals surface area contributed by atoms with Crippen LogP contribution in [0.5, 0.6) is 0 Å². The highest BCUT2D eigenvalue weighted by molar-refractivity contribution is 5.98. The Morgan fingerprint density at radius 2 is 1.76 bits per heavy atom. The topological polar surface area (TPSA) is 69.7 Å². The van der Waals surface area contributed by atoms with Crippen LogP contribution in [0.1, 0.15) is 51.6 Å². The van der Waals surface area contributed by atoms with Crippen molar-refractivity contribution in [1.29, 1.82) is 0 Å². The zero-order valence-electron chi connectivity index (χ0n) is 16.6. The molecular weight excluding hydrogens is 366 g/mol. The van der Waals surface area contributed by atoms with Crippen LogP contribution < -0.4 is 10.2 Å². The molecule has 1 N–H and O–H groups in total. The Hall–Kier alpha value is -3.15. The Balaban J connectivity index is 1.41. The summed E-state index contributed by atoms with van der Waals surface area (Å²) in [5.41, 5.74) is 4.06. The van der Waals surface area contributed by atoms with E-state index in [0.717, 1.165) is 49.2 Å². The van der Waals surface area contributed by atoms with Gasteiger partial charge in [-0.2, -0.15) is 0 Å². The zero-order chi connectivity index (χ0) is 20.4. The third-order valence-corrected chi connectivity index (χ3v) is 5.64. The van der Waals surface area contributed by atoms with Crippen LogP contribution in [0.3, 0.4) is 0 Å². The number of hydrogen-bond acceptors (Lipinski definition) is 3. The van der Waals surface area contributed by atoms with Crippen LogP contribution in [-0.2, 0) is 17.8 Å². The van der Waals surface area contributed by atoms with Gasteiger partial charge in [-0.3, -0.25) is 14.4 Å². The number of rotatable bonds is 4. The average Bonchev–Trinajstić information content (AvgIpc) is 3.41. The van der Waals surface area contributed by atoms with Gasteiger partial charge < -0.3 is 15.1 Å². The van der Waals surface area contributed by atoms with Crippen LogP contribution in [0.4, 0.5) is 5.69 Å². The van der Waals surface area contributed by atoms with Gasteiger partial charge in [0.15, 0.2) is 0 Å². The maximum absolute atomic E-state index is 12.6. The molecule has 2 aliphatic rings. The molecule has 0 saturated carbocycles. The van der Waals surface area contributed by atoms with E-state index in [1.54, 1.807) is 17.9 Å². The minimum Gasteiger partial charge on any atom is -0.348 e. The van der Waals surface area contributed by atoms with E-state index in [2.05, 4.69) is 5.32 Å². The van der Waals surface area contributed by atoms with E-state index >= 15 is 0 Å². The van der Waals surface area contributed by atoms with Gasteiger partial charge in [-0.25, -0.2) is 0 Å². The van der Waals surface area contributed by atoms with E-state index in [4.69, 9.17) is 0 Å². The summed E-state index contributed by atoms with van der Waals surface area (Å²) in [5, 5.41) is 2.93. The van der Waals surface area contributed by atoms with Crippen molar-refractivity contribution in [2.24, 2.45) is 0 Å². The molecule has 4 rings (SSSR count). The minimum atomic E-state index is -0.162. The van der Waals surface area contributed by atoms with Gasteiger partial charge in [0.1, 0.15) is 0 Å². The fraction of sp³-hybridized carbons (Fsp3) is 0.348. The lowest BCUT2D eigenvalue weighted by atomic mass is 10.1. The number of likely N-dealkylation sites (tertiary alicyclic amines) is 1. The van der Waals surface area contributed by atoms with E-state index in [9.17, 15) is 14.4 Å². The average molecular weight is 391 g/mol. The number of anilines is 1. The second kappa shape index (κ2) is 8.07. The summed E-state index contributed by atoms with van der Waals surface area (Å²) in [6.45, 7) is 4.21. The lowest BCUT2D eigenvalue weighted by Crippen LogP contribution is -2.28. The highest BCUT2D eigenvalue weighted by Crippen LogP contribution is 2.28. The standard InChI is InChI=1S/C23H25N3O3/c1-16(27)26-12-9-18-14-19(7-8-21(18)26)22(28)24-15-17-5-4-6-20(13-17)23(29)25-10-2-3-11-25/h4-8,13-14H,2-3,9-12,15H2,1H3,(H,24,28). The first-order valence-electron chi connectivity index (χ1n) is 10.1. The number of carbonyl (C=O) groups is 3. The van der Waals surface area contributed by atoms with Crippen LogP contribution in [0, 0.1) is 0 Å². The van der Waals surface area contributed by atoms with Crippen molar-refractivity contribution in [3.8, 4) is 0 Å². The summed E-state index contributed by atoms with van der Waals surface area (Å²) in [7, 11) is 0. The van der Waals surface area contributed by atoms with Gasteiger partial charge in [-0.15, -0.1) is 0 Å². The van der Waals surface area contributed by atoms with Crippen molar-refractivity contribution < 1.29 is 14.4 Å². The highest BCUT2D eigenvalue weighted by atomic mass is 16.2. The Kier molecular flexibility index (Phi) is 5.34. The molecule has 2 aromatic rings. The van der Waals surface area contributed by atoms with Gasteiger partial charge in [-0.1, -0.05) is 12.1 Å². The van der Waals surface area contributed by atoms with Gasteiger partial charge in [0, 0.05) is 49.9 Å². The molecule has 150 valence electrons. The van der Waals surface area contributed by atoms with Crippen molar-refractivity contribution in [1.82, 2.24) is 10.2 Å². The van der Waals surface area contributed by atoms with Gasteiger partial charge in [0.2, 0.25) is 5.91 Å². The Labute approximate surface area is 170 Å². The number of nitrogens with one attached hydrogen (secondary N) is 1. The molecule has 0 unspecified atom stereocenters. The monoisotopic (exact) mass is 391 g/mol. The summed E-state index contributed by atoms with van der Waals surface area (Å²) >= 11 is 0. The predicted molar refractivity (Wildman–Crippen MR) is 111 cm³/mol. The molecule has 1 fully saturated rings. The maximum Gasteiger partial charge on any atom is 0.253 e. The van der Waals surface area contributed by atoms with E-state index in [0.29, 0.717) is 24.2 Å². The zero-order valence-corrected chi connectivity index (χ0v) is 16.6. The predicted octanol–water partition coefficient (Wildman–Crippen LogP) is 2.76. The van der Waals surface area contributed by atoms with E-state index in [-0.39, 0.29) is 17.7 Å². The Bertz CT molecular complexity index is 964. The normalized spacial score (nSPS) is 15.3. The molecule has 6 heteroatoms. The summed E-state index contributed by atoms with van der Waals surface area (Å²) in [4.78, 5) is 40.4. The molecule has 0 bridgehead atoms. The van der Waals surface area contributed by atoms with Crippen molar-refractivity contribution in [2.75, 3.05) is 24.5 Å². The smallest absolute Gasteiger partial charge is 0.253 e. The quantitative estimate of drug-likeness (QED) is 0.871. The molecule has 2 heterocycles. The minimum absolute atomic E-state index is 0.0179. The first-order chi connectivity index (χ1) is 14.0. The molecule has 0 spiro atoms. The Morgan fingerprint density at radius 3 is 2.52 bits per heavy atom. The number of benzene rings is 2. The van der Waals surface area contributed by atoms with Crippen molar-refractivity contribution in [3.05, 3.63) is 64.7 Å². The maximum atomic E-state index is 12.6. The first kappa shape index (κ1) is 19.2. The van der Waals surface area contributed by atoms with E-state index < -0.39 is 0 Å². The molecule has 0 aliphatic carbocycles. The van der Waals surface area contributed by atoms with Crippen molar-refractivity contribution in [2.45, 2.75) is 32.7 Å². The van der Waals surface area contributed by atoms with Crippen molar-refractivity contribution >= 4 is 23.4 Å². The molecule has 0 radical (unpaired) electrons. The second-order valence-electron chi connectivity index (χ2n) is 7.65. The largest absolute Gasteiger partial charge is 0.348 e. The molecule has 29 heavy (non-hydrogen) atoms. The fourth-order valence-electron chi connectivity index (χ4n) is 4.07.